The average Bonchev–Trinajstić information content (AvgIpc) is 2.62. The molecule has 1 aliphatic rings. The van der Waals surface area contributed by atoms with Crippen LogP contribution in [0.1, 0.15) is 13.3 Å². The number of aromatic nitrogens is 1. The van der Waals surface area contributed by atoms with Gasteiger partial charge in [0.2, 0.25) is 0 Å². The van der Waals surface area contributed by atoms with Gasteiger partial charge >= 0.3 is 5.97 Å². The Balaban J connectivity index is 1.91. The molecule has 2 heterocycles. The number of fused-ring (bicyclic) bond motifs is 1. The molecule has 7 nitrogen and oxygen atoms in total. The molecule has 0 bridgehead atoms. The number of carboxylic acids is 1. The number of nitrogens with zero attached hydrogens (tertiary/aromatic N) is 2. The molecule has 1 aromatic carbocycles. The van der Waals surface area contributed by atoms with E-state index in [1.165, 1.54) is 4.90 Å². The van der Waals surface area contributed by atoms with Crippen LogP contribution in [-0.2, 0) is 9.59 Å². The van der Waals surface area contributed by atoms with Gasteiger partial charge in [-0.05, 0) is 30.2 Å². The van der Waals surface area contributed by atoms with Crippen LogP contribution in [-0.4, -0.2) is 41.7 Å². The van der Waals surface area contributed by atoms with E-state index in [0.717, 1.165) is 17.5 Å². The summed E-state index contributed by atoms with van der Waals surface area (Å²) in [5, 5.41) is 8.99. The minimum absolute atomic E-state index is 0.179. The Morgan fingerprint density at radius 1 is 1.32 bits per heavy atom. The number of ether oxygens (including phenoxy) is 2. The number of amides is 1. The molecule has 1 N–H and O–H groups in total. The molecule has 2 aromatic rings. The van der Waals surface area contributed by atoms with Crippen LogP contribution >= 0.6 is 0 Å². The number of pyridine rings is 1. The summed E-state index contributed by atoms with van der Waals surface area (Å²) in [6.07, 6.45) is 4.27. The van der Waals surface area contributed by atoms with Crippen LogP contribution in [0, 0.1) is 0 Å². The maximum Gasteiger partial charge on any atom is 0.323 e. The van der Waals surface area contributed by atoms with Crippen molar-refractivity contribution in [2.24, 2.45) is 0 Å². The van der Waals surface area contributed by atoms with E-state index in [0.29, 0.717) is 23.8 Å². The van der Waals surface area contributed by atoms with E-state index < -0.39 is 12.5 Å². The van der Waals surface area contributed by atoms with Crippen LogP contribution in [0.25, 0.3) is 11.1 Å². The van der Waals surface area contributed by atoms with Gasteiger partial charge in [-0.25, -0.2) is 0 Å². The predicted octanol–water partition coefficient (Wildman–Crippen LogP) is 2.35. The molecule has 0 saturated carbocycles. The van der Waals surface area contributed by atoms with Crippen LogP contribution in [0.2, 0.25) is 0 Å². The average molecular weight is 342 g/mol. The van der Waals surface area contributed by atoms with Crippen molar-refractivity contribution >= 4 is 17.6 Å². The molecule has 0 saturated heterocycles. The molecule has 1 aliphatic heterocycles. The number of carbonyl (C=O) groups is 2. The largest absolute Gasteiger partial charge is 0.492 e. The van der Waals surface area contributed by atoms with E-state index in [4.69, 9.17) is 14.6 Å². The molecule has 0 spiro atoms. The van der Waals surface area contributed by atoms with Crippen molar-refractivity contribution in [1.29, 1.82) is 0 Å². The summed E-state index contributed by atoms with van der Waals surface area (Å²) in [5.41, 5.74) is 2.15. The molecule has 0 radical (unpaired) electrons. The number of hydrogen-bond donors (Lipinski definition) is 1. The SMILES string of the molecule is CCCOc1cncc(-c2ccc3c(c2)OCC(=O)N3CC(=O)O)c1. The van der Waals surface area contributed by atoms with Crippen LogP contribution in [0.5, 0.6) is 11.5 Å². The Labute approximate surface area is 144 Å². The van der Waals surface area contributed by atoms with Crippen molar-refractivity contribution in [3.05, 3.63) is 36.7 Å². The minimum Gasteiger partial charge on any atom is -0.492 e. The third-order valence-corrected chi connectivity index (χ3v) is 3.72. The lowest BCUT2D eigenvalue weighted by Crippen LogP contribution is -2.41. The third-order valence-electron chi connectivity index (χ3n) is 3.72. The lowest BCUT2D eigenvalue weighted by Gasteiger charge is -2.28. The third kappa shape index (κ3) is 3.71. The molecule has 0 atom stereocenters. The molecular weight excluding hydrogens is 324 g/mol. The fourth-order valence-corrected chi connectivity index (χ4v) is 2.57. The summed E-state index contributed by atoms with van der Waals surface area (Å²) in [6, 6.07) is 7.14. The number of carbonyl (C=O) groups excluding carboxylic acids is 1. The van der Waals surface area contributed by atoms with Gasteiger partial charge in [0, 0.05) is 11.8 Å². The molecule has 7 heteroatoms. The highest BCUT2D eigenvalue weighted by Gasteiger charge is 2.27. The highest BCUT2D eigenvalue weighted by atomic mass is 16.5. The van der Waals surface area contributed by atoms with E-state index in [-0.39, 0.29) is 12.5 Å². The summed E-state index contributed by atoms with van der Waals surface area (Å²) >= 11 is 0. The number of anilines is 1. The molecule has 25 heavy (non-hydrogen) atoms. The molecular formula is C18H18N2O5. The second kappa shape index (κ2) is 7.21. The van der Waals surface area contributed by atoms with E-state index in [2.05, 4.69) is 4.98 Å². The first-order valence-corrected chi connectivity index (χ1v) is 7.95. The van der Waals surface area contributed by atoms with Gasteiger partial charge in [-0.15, -0.1) is 0 Å². The lowest BCUT2D eigenvalue weighted by atomic mass is 10.1. The Hall–Kier alpha value is -3.09. The van der Waals surface area contributed by atoms with Crippen molar-refractivity contribution in [3.63, 3.8) is 0 Å². The highest BCUT2D eigenvalue weighted by molar-refractivity contribution is 6.01. The minimum atomic E-state index is -1.07. The Bertz CT molecular complexity index is 806. The number of carboxylic acid groups (broad SMARTS) is 1. The molecule has 1 amide bonds. The molecule has 0 fully saturated rings. The predicted molar refractivity (Wildman–Crippen MR) is 90.9 cm³/mol. The maximum absolute atomic E-state index is 11.9. The summed E-state index contributed by atoms with van der Waals surface area (Å²) < 4.78 is 11.1. The van der Waals surface area contributed by atoms with Gasteiger partial charge in [-0.3, -0.25) is 19.5 Å². The van der Waals surface area contributed by atoms with Gasteiger partial charge in [-0.2, -0.15) is 0 Å². The van der Waals surface area contributed by atoms with Crippen LogP contribution in [0.3, 0.4) is 0 Å². The van der Waals surface area contributed by atoms with Crippen molar-refractivity contribution in [2.45, 2.75) is 13.3 Å². The zero-order chi connectivity index (χ0) is 17.8. The second-order valence-corrected chi connectivity index (χ2v) is 5.60. The first-order valence-electron chi connectivity index (χ1n) is 7.95. The van der Waals surface area contributed by atoms with Gasteiger partial charge in [0.25, 0.3) is 5.91 Å². The number of benzene rings is 1. The standard InChI is InChI=1S/C18H18N2O5/c1-2-5-24-14-6-13(8-19-9-14)12-3-4-15-16(7-12)25-11-17(21)20(15)10-18(22)23/h3-4,6-9H,2,5,10-11H2,1H3,(H,22,23). The Morgan fingerprint density at radius 2 is 2.16 bits per heavy atom. The Morgan fingerprint density at radius 3 is 2.92 bits per heavy atom. The van der Waals surface area contributed by atoms with Crippen molar-refractivity contribution in [1.82, 2.24) is 4.98 Å². The van der Waals surface area contributed by atoms with Crippen molar-refractivity contribution in [2.75, 3.05) is 24.7 Å². The summed E-state index contributed by atoms with van der Waals surface area (Å²) in [7, 11) is 0. The first-order chi connectivity index (χ1) is 12.1. The normalized spacial score (nSPS) is 13.2. The van der Waals surface area contributed by atoms with Crippen LogP contribution in [0.4, 0.5) is 5.69 Å². The van der Waals surface area contributed by atoms with Gasteiger partial charge in [-0.1, -0.05) is 13.0 Å². The maximum atomic E-state index is 11.9. The monoisotopic (exact) mass is 342 g/mol. The van der Waals surface area contributed by atoms with E-state index in [1.807, 2.05) is 13.0 Å². The van der Waals surface area contributed by atoms with Gasteiger partial charge in [0.05, 0.1) is 18.5 Å². The summed E-state index contributed by atoms with van der Waals surface area (Å²) in [4.78, 5) is 28.3. The second-order valence-electron chi connectivity index (χ2n) is 5.60. The number of aliphatic carboxylic acids is 1. The first kappa shape index (κ1) is 16.8. The molecule has 0 aliphatic carbocycles. The lowest BCUT2D eigenvalue weighted by molar-refractivity contribution is -0.137. The van der Waals surface area contributed by atoms with Crippen LogP contribution in [0.15, 0.2) is 36.7 Å². The summed E-state index contributed by atoms with van der Waals surface area (Å²) in [6.45, 7) is 2.07. The van der Waals surface area contributed by atoms with Gasteiger partial charge in [0.15, 0.2) is 6.61 Å². The number of hydrogen-bond acceptors (Lipinski definition) is 5. The van der Waals surface area contributed by atoms with Crippen molar-refractivity contribution < 1.29 is 24.2 Å². The topological polar surface area (TPSA) is 89.0 Å². The van der Waals surface area contributed by atoms with Crippen molar-refractivity contribution in [3.8, 4) is 22.6 Å². The zero-order valence-electron chi connectivity index (χ0n) is 13.8. The molecule has 3 rings (SSSR count). The molecule has 130 valence electrons. The van der Waals surface area contributed by atoms with E-state index >= 15 is 0 Å². The van der Waals surface area contributed by atoms with Crippen LogP contribution < -0.4 is 14.4 Å². The van der Waals surface area contributed by atoms with E-state index in [1.54, 1.807) is 30.6 Å². The smallest absolute Gasteiger partial charge is 0.323 e. The quantitative estimate of drug-likeness (QED) is 0.867. The number of rotatable bonds is 6. The van der Waals surface area contributed by atoms with Gasteiger partial charge < -0.3 is 14.6 Å². The Kier molecular flexibility index (Phi) is 4.83. The summed E-state index contributed by atoms with van der Waals surface area (Å²) in [5.74, 6) is -0.298. The highest BCUT2D eigenvalue weighted by Crippen LogP contribution is 2.36. The molecule has 1 aromatic heterocycles. The van der Waals surface area contributed by atoms with Gasteiger partial charge in [0.1, 0.15) is 18.0 Å². The fourth-order valence-electron chi connectivity index (χ4n) is 2.57. The fraction of sp³-hybridized carbons (Fsp3) is 0.278. The zero-order valence-corrected chi connectivity index (χ0v) is 13.8. The molecule has 0 unspecified atom stereocenters. The van der Waals surface area contributed by atoms with E-state index in [9.17, 15) is 9.59 Å².